The summed E-state index contributed by atoms with van der Waals surface area (Å²) in [5, 5.41) is 12.7. The molecule has 12 heteroatoms. The number of rotatable bonds is 13. The van der Waals surface area contributed by atoms with E-state index < -0.39 is 41.7 Å². The maximum absolute atomic E-state index is 13.9. The van der Waals surface area contributed by atoms with Gasteiger partial charge in [0.05, 0.1) is 6.61 Å². The summed E-state index contributed by atoms with van der Waals surface area (Å²) in [4.78, 5) is 52.8. The molecular formula is C46H39N5O6S. The summed E-state index contributed by atoms with van der Waals surface area (Å²) in [5.74, 6) is -1.91. The normalized spacial score (nSPS) is 16.6. The summed E-state index contributed by atoms with van der Waals surface area (Å²) in [6.07, 6.45) is -1.67. The van der Waals surface area contributed by atoms with Gasteiger partial charge in [0.1, 0.15) is 24.0 Å². The molecule has 5 aromatic carbocycles. The molecule has 2 aliphatic rings. The molecule has 6 aromatic rings. The number of thiazole rings is 1. The Bertz CT molecular complexity index is 2330. The van der Waals surface area contributed by atoms with Gasteiger partial charge in [-0.2, -0.15) is 0 Å². The zero-order valence-electron chi connectivity index (χ0n) is 31.6. The highest BCUT2D eigenvalue weighted by Gasteiger charge is 2.55. The summed E-state index contributed by atoms with van der Waals surface area (Å²) in [6, 6.07) is 47.9. The van der Waals surface area contributed by atoms with Crippen molar-refractivity contribution in [3.63, 3.8) is 0 Å². The number of fused-ring (bicyclic) bond motifs is 1. The molecule has 1 saturated heterocycles. The topological polar surface area (TPSA) is 131 Å². The van der Waals surface area contributed by atoms with Crippen LogP contribution in [0, 0.1) is 0 Å². The predicted octanol–water partition coefficient (Wildman–Crippen LogP) is 7.19. The summed E-state index contributed by atoms with van der Waals surface area (Å²) < 4.78 is 12.1. The van der Waals surface area contributed by atoms with Crippen molar-refractivity contribution in [2.45, 2.75) is 30.8 Å². The van der Waals surface area contributed by atoms with E-state index in [9.17, 15) is 14.4 Å². The molecule has 1 fully saturated rings. The molecule has 3 heterocycles. The highest BCUT2D eigenvalue weighted by atomic mass is 32.1. The number of benzene rings is 5. The van der Waals surface area contributed by atoms with Gasteiger partial charge in [0, 0.05) is 5.38 Å². The molecule has 0 aliphatic carbocycles. The lowest BCUT2D eigenvalue weighted by molar-refractivity contribution is -0.185. The minimum atomic E-state index is -1.11. The number of carbonyl (C=O) groups excluding carboxylic acids is 3. The van der Waals surface area contributed by atoms with Gasteiger partial charge in [-0.25, -0.2) is 9.78 Å². The molecule has 2 atom stereocenters. The van der Waals surface area contributed by atoms with Crippen molar-refractivity contribution in [1.29, 1.82) is 0 Å². The minimum absolute atomic E-state index is 0.0543. The molecule has 0 spiro atoms. The second kappa shape index (κ2) is 16.7. The number of anilines is 1. The zero-order chi connectivity index (χ0) is 40.1. The molecule has 0 radical (unpaired) electrons. The van der Waals surface area contributed by atoms with Gasteiger partial charge in [-0.1, -0.05) is 157 Å². The largest absolute Gasteiger partial charge is 0.448 e. The van der Waals surface area contributed by atoms with E-state index in [2.05, 4.69) is 52.2 Å². The first-order valence-electron chi connectivity index (χ1n) is 18.7. The molecular weight excluding hydrogens is 751 g/mol. The highest BCUT2D eigenvalue weighted by Crippen LogP contribution is 2.41. The Morgan fingerprint density at radius 3 is 1.81 bits per heavy atom. The average Bonchev–Trinajstić information content (AvgIpc) is 3.74. The molecule has 2 unspecified atom stereocenters. The predicted molar refractivity (Wildman–Crippen MR) is 221 cm³/mol. The minimum Gasteiger partial charge on any atom is -0.448 e. The molecule has 58 heavy (non-hydrogen) atoms. The van der Waals surface area contributed by atoms with E-state index >= 15 is 0 Å². The van der Waals surface area contributed by atoms with Gasteiger partial charge in [-0.15, -0.1) is 11.3 Å². The molecule has 2 amide bonds. The third kappa shape index (κ3) is 7.26. The fourth-order valence-corrected chi connectivity index (χ4v) is 8.15. The number of nitrogens with zero attached hydrogens (tertiary/aromatic N) is 3. The molecule has 1 aromatic heterocycles. The number of aromatic nitrogens is 1. The molecule has 8 rings (SSSR count). The maximum atomic E-state index is 13.9. The monoisotopic (exact) mass is 789 g/mol. The van der Waals surface area contributed by atoms with Gasteiger partial charge in [0.25, 0.3) is 11.8 Å². The second-order valence-corrected chi connectivity index (χ2v) is 14.6. The van der Waals surface area contributed by atoms with E-state index in [1.165, 1.54) is 23.3 Å². The van der Waals surface area contributed by atoms with Gasteiger partial charge in [0.15, 0.2) is 29.2 Å². The Labute approximate surface area is 339 Å². The first kappa shape index (κ1) is 38.0. The summed E-state index contributed by atoms with van der Waals surface area (Å²) in [6.45, 7) is 1.77. The quantitative estimate of drug-likeness (QED) is 0.0414. The van der Waals surface area contributed by atoms with Crippen molar-refractivity contribution in [3.8, 4) is 0 Å². The fourth-order valence-electron chi connectivity index (χ4n) is 7.40. The highest BCUT2D eigenvalue weighted by molar-refractivity contribution is 7.14. The number of carbonyl (C=O) groups is 3. The van der Waals surface area contributed by atoms with Crippen LogP contribution < -0.4 is 10.6 Å². The van der Waals surface area contributed by atoms with Crippen molar-refractivity contribution in [1.82, 2.24) is 15.2 Å². The summed E-state index contributed by atoms with van der Waals surface area (Å²) in [5.41, 5.74) is 4.36. The smallest absolute Gasteiger partial charge is 0.356 e. The van der Waals surface area contributed by atoms with Gasteiger partial charge in [0.2, 0.25) is 0 Å². The third-order valence-corrected chi connectivity index (χ3v) is 10.9. The number of nitrogens with one attached hydrogen (secondary N) is 2. The Balaban J connectivity index is 1.02. The zero-order valence-corrected chi connectivity index (χ0v) is 32.5. The van der Waals surface area contributed by atoms with E-state index in [4.69, 9.17) is 19.3 Å². The van der Waals surface area contributed by atoms with Crippen LogP contribution in [0.2, 0.25) is 0 Å². The number of esters is 1. The number of β-lactam (4-membered cyclic amide) rings is 1. The van der Waals surface area contributed by atoms with Crippen LogP contribution in [0.3, 0.4) is 0 Å². The number of amides is 2. The molecule has 290 valence electrons. The van der Waals surface area contributed by atoms with Crippen LogP contribution in [0.4, 0.5) is 5.13 Å². The van der Waals surface area contributed by atoms with Crippen molar-refractivity contribution in [3.05, 3.63) is 202 Å². The standard InChI is InChI=1S/C46H39N5O6S/c1-30-28-56-43-38(42(53)51(43)39(30)44(54)57-40(31-18-8-3-9-19-31)32-20-10-4-11-21-32)48-41(52)37(50-55-2)36-29-58-45(47-36)49-46(33-22-12-5-13-23-33,34-24-14-6-15-25-34)35-26-16-7-17-27-35/h3-27,29,38,40,43H,28H2,1-2H3,(H,47,49)(H,48,52)/b50-37+. The van der Waals surface area contributed by atoms with Gasteiger partial charge < -0.3 is 24.9 Å². The second-order valence-electron chi connectivity index (χ2n) is 13.7. The first-order valence-corrected chi connectivity index (χ1v) is 19.5. The Morgan fingerprint density at radius 1 is 0.810 bits per heavy atom. The lowest BCUT2D eigenvalue weighted by Gasteiger charge is -2.49. The van der Waals surface area contributed by atoms with Crippen LogP contribution in [-0.4, -0.2) is 59.4 Å². The summed E-state index contributed by atoms with van der Waals surface area (Å²) in [7, 11) is 1.33. The molecule has 0 bridgehead atoms. The van der Waals surface area contributed by atoms with Crippen molar-refractivity contribution in [2.24, 2.45) is 5.16 Å². The van der Waals surface area contributed by atoms with Gasteiger partial charge >= 0.3 is 5.97 Å². The number of hydrogen-bond acceptors (Lipinski definition) is 10. The van der Waals surface area contributed by atoms with Crippen molar-refractivity contribution in [2.75, 3.05) is 19.0 Å². The Kier molecular flexibility index (Phi) is 10.9. The molecule has 11 nitrogen and oxygen atoms in total. The van der Waals surface area contributed by atoms with E-state index in [1.807, 2.05) is 115 Å². The van der Waals surface area contributed by atoms with E-state index in [0.717, 1.165) is 27.8 Å². The lowest BCUT2D eigenvalue weighted by atomic mass is 9.77. The van der Waals surface area contributed by atoms with Crippen LogP contribution in [0.1, 0.15) is 46.5 Å². The lowest BCUT2D eigenvalue weighted by Crippen LogP contribution is -2.73. The molecule has 2 N–H and O–H groups in total. The SMILES string of the molecule is CO/N=C(/C(=O)NC1C(=O)N2C(C(=O)OC(c3ccccc3)c3ccccc3)=C(C)COC12)c1csc(NC(c2ccccc2)(c2ccccc2)c2ccccc2)n1. The van der Waals surface area contributed by atoms with Crippen molar-refractivity contribution < 1.29 is 28.7 Å². The fraction of sp³-hybridized carbons (Fsp3) is 0.152. The van der Waals surface area contributed by atoms with E-state index in [1.54, 1.807) is 12.3 Å². The third-order valence-electron chi connectivity index (χ3n) is 10.1. The number of oxime groups is 1. The summed E-state index contributed by atoms with van der Waals surface area (Å²) >= 11 is 1.30. The van der Waals surface area contributed by atoms with Crippen molar-refractivity contribution >= 4 is 40.0 Å². The Hall–Kier alpha value is -6.89. The van der Waals surface area contributed by atoms with E-state index in [0.29, 0.717) is 10.7 Å². The number of ether oxygens (including phenoxy) is 2. The maximum Gasteiger partial charge on any atom is 0.356 e. The Morgan fingerprint density at radius 2 is 1.31 bits per heavy atom. The average molecular weight is 790 g/mol. The van der Waals surface area contributed by atoms with Crippen LogP contribution in [0.25, 0.3) is 0 Å². The van der Waals surface area contributed by atoms with Crippen LogP contribution in [0.5, 0.6) is 0 Å². The first-order chi connectivity index (χ1) is 28.4. The van der Waals surface area contributed by atoms with Crippen LogP contribution >= 0.6 is 11.3 Å². The van der Waals surface area contributed by atoms with Gasteiger partial charge in [-0.3, -0.25) is 14.5 Å². The molecule has 2 aliphatic heterocycles. The van der Waals surface area contributed by atoms with Crippen LogP contribution in [0.15, 0.2) is 173 Å². The van der Waals surface area contributed by atoms with E-state index in [-0.39, 0.29) is 23.7 Å². The molecule has 0 saturated carbocycles. The number of hydrogen-bond donors (Lipinski definition) is 2. The van der Waals surface area contributed by atoms with Gasteiger partial charge in [-0.05, 0) is 40.3 Å². The van der Waals surface area contributed by atoms with Crippen LogP contribution in [-0.2, 0) is 34.2 Å².